The molecule has 3 aromatic heterocycles. The number of nitrogens with one attached hydrogen (secondary N) is 1. The predicted octanol–water partition coefficient (Wildman–Crippen LogP) is 3.88. The number of aliphatic hydroxyl groups is 1. The summed E-state index contributed by atoms with van der Waals surface area (Å²) in [5.41, 5.74) is 2.93. The molecule has 1 saturated carbocycles. The van der Waals surface area contributed by atoms with Gasteiger partial charge in [0.2, 0.25) is 5.95 Å². The Bertz CT molecular complexity index is 966. The molecule has 4 rings (SSSR count). The van der Waals surface area contributed by atoms with Crippen LogP contribution in [0.15, 0.2) is 24.4 Å². The monoisotopic (exact) mass is 440 g/mol. The van der Waals surface area contributed by atoms with Crippen LogP contribution in [0.4, 0.5) is 5.95 Å². The van der Waals surface area contributed by atoms with E-state index in [2.05, 4.69) is 42.2 Å². The van der Waals surface area contributed by atoms with Gasteiger partial charge >= 0.3 is 0 Å². The zero-order valence-corrected chi connectivity index (χ0v) is 19.4. The van der Waals surface area contributed by atoms with Crippen LogP contribution in [0, 0.1) is 5.92 Å². The number of fused-ring (bicyclic) bond motifs is 1. The minimum atomic E-state index is -0.168. The van der Waals surface area contributed by atoms with Crippen molar-refractivity contribution in [3.05, 3.63) is 40.8 Å². The van der Waals surface area contributed by atoms with E-state index in [4.69, 9.17) is 15.0 Å². The van der Waals surface area contributed by atoms with Crippen LogP contribution in [-0.4, -0.2) is 55.7 Å². The van der Waals surface area contributed by atoms with Crippen LogP contribution in [0.5, 0.6) is 0 Å². The molecule has 1 aliphatic carbocycles. The van der Waals surface area contributed by atoms with Gasteiger partial charge in [-0.15, -0.1) is 0 Å². The number of nitrogens with zero attached hydrogens (tertiary/aromatic N) is 5. The molecule has 166 valence electrons. The second-order valence-electron chi connectivity index (χ2n) is 9.03. The molecule has 2 N–H and O–H groups in total. The molecule has 3 aromatic rings. The summed E-state index contributed by atoms with van der Waals surface area (Å²) in [7, 11) is 2.14. The van der Waals surface area contributed by atoms with Gasteiger partial charge in [-0.2, -0.15) is 0 Å². The van der Waals surface area contributed by atoms with Crippen LogP contribution in [-0.2, 0) is 13.0 Å². The Morgan fingerprint density at radius 2 is 1.94 bits per heavy atom. The molecule has 0 radical (unpaired) electrons. The van der Waals surface area contributed by atoms with Crippen molar-refractivity contribution in [1.29, 1.82) is 0 Å². The van der Waals surface area contributed by atoms with E-state index >= 15 is 0 Å². The van der Waals surface area contributed by atoms with Crippen LogP contribution < -0.4 is 5.32 Å². The number of thiazole rings is 1. The first-order valence-electron chi connectivity index (χ1n) is 11.1. The summed E-state index contributed by atoms with van der Waals surface area (Å²) in [4.78, 5) is 22.1. The molecule has 0 amide bonds. The maximum atomic E-state index is 9.80. The van der Waals surface area contributed by atoms with E-state index in [1.54, 1.807) is 17.5 Å². The van der Waals surface area contributed by atoms with Gasteiger partial charge in [0.15, 0.2) is 0 Å². The van der Waals surface area contributed by atoms with Crippen LogP contribution in [0.2, 0.25) is 0 Å². The number of hydrogen-bond donors (Lipinski definition) is 2. The van der Waals surface area contributed by atoms with E-state index in [0.717, 1.165) is 65.5 Å². The average Bonchev–Trinajstić information content (AvgIpc) is 3.11. The van der Waals surface area contributed by atoms with E-state index in [1.807, 2.05) is 12.1 Å². The fourth-order valence-corrected chi connectivity index (χ4v) is 5.12. The lowest BCUT2D eigenvalue weighted by Crippen LogP contribution is -2.29. The van der Waals surface area contributed by atoms with Gasteiger partial charge in [0, 0.05) is 31.7 Å². The van der Waals surface area contributed by atoms with Gasteiger partial charge in [0.1, 0.15) is 15.4 Å². The van der Waals surface area contributed by atoms with Gasteiger partial charge in [0.25, 0.3) is 0 Å². The van der Waals surface area contributed by atoms with E-state index in [-0.39, 0.29) is 6.10 Å². The van der Waals surface area contributed by atoms with Gasteiger partial charge in [-0.3, -0.25) is 0 Å². The third-order valence-corrected chi connectivity index (χ3v) is 6.49. The van der Waals surface area contributed by atoms with Crippen molar-refractivity contribution in [2.45, 2.75) is 64.6 Å². The normalized spacial score (nSPS) is 19.4. The van der Waals surface area contributed by atoms with E-state index in [1.165, 1.54) is 0 Å². The number of anilines is 1. The van der Waals surface area contributed by atoms with Crippen LogP contribution >= 0.6 is 11.3 Å². The zero-order chi connectivity index (χ0) is 21.8. The lowest BCUT2D eigenvalue weighted by atomic mass is 9.93. The van der Waals surface area contributed by atoms with E-state index in [0.29, 0.717) is 24.3 Å². The summed E-state index contributed by atoms with van der Waals surface area (Å²) >= 11 is 1.62. The summed E-state index contributed by atoms with van der Waals surface area (Å²) in [5.74, 6) is 1.29. The van der Waals surface area contributed by atoms with Gasteiger partial charge in [0.05, 0.1) is 17.5 Å². The molecule has 3 heterocycles. The Balaban J connectivity index is 1.55. The predicted molar refractivity (Wildman–Crippen MR) is 125 cm³/mol. The number of hydrogen-bond acceptors (Lipinski definition) is 8. The maximum Gasteiger partial charge on any atom is 0.223 e. The van der Waals surface area contributed by atoms with E-state index in [9.17, 15) is 5.11 Å². The number of pyridine rings is 1. The molecule has 0 spiro atoms. The Morgan fingerprint density at radius 3 is 2.68 bits per heavy atom. The Kier molecular flexibility index (Phi) is 7.09. The van der Waals surface area contributed by atoms with Crippen molar-refractivity contribution < 1.29 is 5.11 Å². The van der Waals surface area contributed by atoms with Gasteiger partial charge < -0.3 is 15.3 Å². The second kappa shape index (κ2) is 9.97. The third-order valence-electron chi connectivity index (χ3n) is 5.51. The minimum absolute atomic E-state index is 0.168. The molecule has 0 bridgehead atoms. The summed E-state index contributed by atoms with van der Waals surface area (Å²) in [5, 5.41) is 14.3. The lowest BCUT2D eigenvalue weighted by Gasteiger charge is -2.26. The highest BCUT2D eigenvalue weighted by atomic mass is 32.1. The highest BCUT2D eigenvalue weighted by Gasteiger charge is 2.20. The molecule has 0 aromatic carbocycles. The molecule has 7 nitrogen and oxygen atoms in total. The first kappa shape index (κ1) is 22.0. The minimum Gasteiger partial charge on any atom is -0.393 e. The fraction of sp³-hybridized carbons (Fsp3) is 0.565. The second-order valence-corrected chi connectivity index (χ2v) is 10.1. The van der Waals surface area contributed by atoms with Crippen molar-refractivity contribution in [1.82, 2.24) is 24.8 Å². The largest absolute Gasteiger partial charge is 0.393 e. The zero-order valence-electron chi connectivity index (χ0n) is 18.6. The summed E-state index contributed by atoms with van der Waals surface area (Å²) in [6.07, 6.45) is 5.86. The molecule has 0 unspecified atom stereocenters. The lowest BCUT2D eigenvalue weighted by molar-refractivity contribution is 0.126. The summed E-state index contributed by atoms with van der Waals surface area (Å²) in [6, 6.07) is 6.33. The SMILES string of the molecule is CC(C)CN(C)Cc1cc(Cc2nc3cccnc3s2)nc(NC2CCC(O)CC2)n1. The molecule has 0 atom stereocenters. The average molecular weight is 441 g/mol. The van der Waals surface area contributed by atoms with Crippen LogP contribution in [0.25, 0.3) is 10.3 Å². The Labute approximate surface area is 188 Å². The van der Waals surface area contributed by atoms with E-state index < -0.39 is 0 Å². The van der Waals surface area contributed by atoms with Crippen molar-refractivity contribution in [3.8, 4) is 0 Å². The molecular weight excluding hydrogens is 408 g/mol. The first-order valence-corrected chi connectivity index (χ1v) is 12.0. The molecule has 1 fully saturated rings. The topological polar surface area (TPSA) is 87.1 Å². The number of rotatable bonds is 8. The highest BCUT2D eigenvalue weighted by Crippen LogP contribution is 2.24. The number of aliphatic hydroxyl groups excluding tert-OH is 1. The molecular formula is C23H32N6OS. The van der Waals surface area contributed by atoms with Crippen LogP contribution in [0.3, 0.4) is 0 Å². The first-order chi connectivity index (χ1) is 14.9. The Hall–Kier alpha value is -2.16. The standard InChI is InChI=1S/C23H32N6OS/c1-15(2)13-29(3)14-18-11-17(12-21-28-20-5-4-10-24-22(20)31-21)26-23(27-18)25-16-6-8-19(30)9-7-16/h4-5,10-11,15-16,19,30H,6-9,12-14H2,1-3H3,(H,25,26,27). The Morgan fingerprint density at radius 1 is 1.16 bits per heavy atom. The smallest absolute Gasteiger partial charge is 0.223 e. The molecule has 8 heteroatoms. The fourth-order valence-electron chi connectivity index (χ4n) is 4.20. The molecule has 0 aliphatic heterocycles. The highest BCUT2D eigenvalue weighted by molar-refractivity contribution is 7.18. The summed E-state index contributed by atoms with van der Waals surface area (Å²) < 4.78 is 0. The number of aromatic nitrogens is 4. The molecule has 31 heavy (non-hydrogen) atoms. The van der Waals surface area contributed by atoms with Gasteiger partial charge in [-0.25, -0.2) is 19.9 Å². The van der Waals surface area contributed by atoms with Gasteiger partial charge in [-0.05, 0) is 56.8 Å². The van der Waals surface area contributed by atoms with Crippen molar-refractivity contribution in [3.63, 3.8) is 0 Å². The third kappa shape index (κ3) is 6.18. The van der Waals surface area contributed by atoms with Crippen molar-refractivity contribution >= 4 is 27.6 Å². The van der Waals surface area contributed by atoms with Crippen LogP contribution in [0.1, 0.15) is 55.9 Å². The quantitative estimate of drug-likeness (QED) is 0.550. The molecule has 1 aliphatic rings. The maximum absolute atomic E-state index is 9.80. The summed E-state index contributed by atoms with van der Waals surface area (Å²) in [6.45, 7) is 6.26. The van der Waals surface area contributed by atoms with Crippen molar-refractivity contribution in [2.75, 3.05) is 18.9 Å². The molecule has 0 saturated heterocycles. The van der Waals surface area contributed by atoms with Crippen molar-refractivity contribution in [2.24, 2.45) is 5.92 Å². The van der Waals surface area contributed by atoms with Gasteiger partial charge in [-0.1, -0.05) is 25.2 Å².